The first-order valence-electron chi connectivity index (χ1n) is 3.73. The molecule has 0 atom stereocenters. The maximum absolute atomic E-state index is 10.3. The Balaban J connectivity index is 2.86. The van der Waals surface area contributed by atoms with E-state index in [1.54, 1.807) is 6.07 Å². The molecule has 0 amide bonds. The quantitative estimate of drug-likeness (QED) is 0.640. The number of nitroso groups, excluding NO2 is 1. The van der Waals surface area contributed by atoms with Gasteiger partial charge in [-0.05, 0) is 35.9 Å². The highest BCUT2D eigenvalue weighted by Crippen LogP contribution is 2.26. The smallest absolute Gasteiger partial charge is 0.111 e. The van der Waals surface area contributed by atoms with Crippen LogP contribution in [0.4, 0.5) is 5.69 Å². The van der Waals surface area contributed by atoms with Crippen molar-refractivity contribution in [3.05, 3.63) is 34.9 Å². The lowest BCUT2D eigenvalue weighted by Gasteiger charge is -1.97. The van der Waals surface area contributed by atoms with Gasteiger partial charge in [-0.1, -0.05) is 0 Å². The fourth-order valence-electron chi connectivity index (χ4n) is 1.37. The van der Waals surface area contributed by atoms with E-state index in [1.807, 2.05) is 25.3 Å². The van der Waals surface area contributed by atoms with Gasteiger partial charge in [0.15, 0.2) is 0 Å². The first-order valence-corrected chi connectivity index (χ1v) is 3.73. The van der Waals surface area contributed by atoms with Crippen LogP contribution in [0.25, 0.3) is 10.9 Å². The number of aromatic nitrogens is 1. The topological polar surface area (TPSA) is 45.2 Å². The average Bonchev–Trinajstić information content (AvgIpc) is 2.53. The molecule has 0 unspecified atom stereocenters. The van der Waals surface area contributed by atoms with Crippen molar-refractivity contribution in [2.24, 2.45) is 5.18 Å². The van der Waals surface area contributed by atoms with Gasteiger partial charge in [0.1, 0.15) is 5.69 Å². The number of hydrogen-bond donors (Lipinski definition) is 1. The fourth-order valence-corrected chi connectivity index (χ4v) is 1.37. The summed E-state index contributed by atoms with van der Waals surface area (Å²) in [6, 6.07) is 5.53. The first-order chi connectivity index (χ1) is 5.83. The van der Waals surface area contributed by atoms with Crippen LogP contribution in [-0.2, 0) is 0 Å². The van der Waals surface area contributed by atoms with Gasteiger partial charge in [-0.25, -0.2) is 0 Å². The molecule has 1 aromatic heterocycles. The van der Waals surface area contributed by atoms with E-state index < -0.39 is 0 Å². The van der Waals surface area contributed by atoms with Crippen molar-refractivity contribution in [1.29, 1.82) is 0 Å². The van der Waals surface area contributed by atoms with Crippen LogP contribution in [0.5, 0.6) is 0 Å². The van der Waals surface area contributed by atoms with E-state index in [0.717, 1.165) is 16.5 Å². The first kappa shape index (κ1) is 7.03. The lowest BCUT2D eigenvalue weighted by atomic mass is 10.1. The van der Waals surface area contributed by atoms with Crippen LogP contribution >= 0.6 is 0 Å². The van der Waals surface area contributed by atoms with Crippen LogP contribution < -0.4 is 0 Å². The number of rotatable bonds is 1. The normalized spacial score (nSPS) is 10.4. The summed E-state index contributed by atoms with van der Waals surface area (Å²) in [6.07, 6.45) is 1.85. The lowest BCUT2D eigenvalue weighted by Crippen LogP contribution is -1.75. The number of benzene rings is 1. The van der Waals surface area contributed by atoms with E-state index in [2.05, 4.69) is 10.2 Å². The third-order valence-electron chi connectivity index (χ3n) is 2.07. The van der Waals surface area contributed by atoms with E-state index in [4.69, 9.17) is 0 Å². The van der Waals surface area contributed by atoms with Crippen LogP contribution in [0.2, 0.25) is 0 Å². The van der Waals surface area contributed by atoms with Crippen molar-refractivity contribution in [3.8, 4) is 0 Å². The van der Waals surface area contributed by atoms with Crippen molar-refractivity contribution in [1.82, 2.24) is 4.98 Å². The van der Waals surface area contributed by atoms with Gasteiger partial charge in [0.25, 0.3) is 0 Å². The van der Waals surface area contributed by atoms with Gasteiger partial charge >= 0.3 is 0 Å². The Kier molecular flexibility index (Phi) is 1.43. The van der Waals surface area contributed by atoms with Crippen molar-refractivity contribution in [2.45, 2.75) is 6.92 Å². The van der Waals surface area contributed by atoms with E-state index in [-0.39, 0.29) is 0 Å². The summed E-state index contributed by atoms with van der Waals surface area (Å²) < 4.78 is 0. The number of aryl methyl sites for hydroxylation is 1. The summed E-state index contributed by atoms with van der Waals surface area (Å²) >= 11 is 0. The SMILES string of the molecule is Cc1c(N=O)ccc2[nH]ccc12. The molecule has 0 aliphatic rings. The van der Waals surface area contributed by atoms with Gasteiger partial charge in [0, 0.05) is 17.1 Å². The molecular weight excluding hydrogens is 152 g/mol. The number of nitrogens with zero attached hydrogens (tertiary/aromatic N) is 1. The number of H-pyrrole nitrogens is 1. The van der Waals surface area contributed by atoms with Gasteiger partial charge in [0.05, 0.1) is 0 Å². The van der Waals surface area contributed by atoms with Crippen molar-refractivity contribution in [3.63, 3.8) is 0 Å². The maximum atomic E-state index is 10.3. The van der Waals surface area contributed by atoms with Crippen LogP contribution in [0.3, 0.4) is 0 Å². The average molecular weight is 160 g/mol. The minimum absolute atomic E-state index is 0.516. The predicted octanol–water partition coefficient (Wildman–Crippen LogP) is 2.87. The Morgan fingerprint density at radius 1 is 1.33 bits per heavy atom. The second-order valence-corrected chi connectivity index (χ2v) is 2.74. The molecule has 0 aliphatic heterocycles. The Labute approximate surface area is 69.4 Å². The maximum Gasteiger partial charge on any atom is 0.111 e. The molecule has 2 rings (SSSR count). The third-order valence-corrected chi connectivity index (χ3v) is 2.07. The molecule has 0 fully saturated rings. The van der Waals surface area contributed by atoms with Crippen molar-refractivity contribution >= 4 is 16.6 Å². The minimum Gasteiger partial charge on any atom is -0.361 e. The molecule has 60 valence electrons. The fraction of sp³-hybridized carbons (Fsp3) is 0.111. The van der Waals surface area contributed by atoms with Crippen LogP contribution in [0, 0.1) is 11.8 Å². The highest BCUT2D eigenvalue weighted by molar-refractivity contribution is 5.86. The van der Waals surface area contributed by atoms with E-state index in [9.17, 15) is 4.91 Å². The molecule has 1 heterocycles. The summed E-state index contributed by atoms with van der Waals surface area (Å²) in [7, 11) is 0. The van der Waals surface area contributed by atoms with E-state index >= 15 is 0 Å². The van der Waals surface area contributed by atoms with E-state index in [0.29, 0.717) is 5.69 Å². The Bertz CT molecular complexity index is 431. The molecule has 0 saturated heterocycles. The monoisotopic (exact) mass is 160 g/mol. The summed E-state index contributed by atoms with van der Waals surface area (Å²) in [5.74, 6) is 0. The van der Waals surface area contributed by atoms with Gasteiger partial charge in [-0.3, -0.25) is 0 Å². The molecular formula is C9H8N2O. The zero-order chi connectivity index (χ0) is 8.55. The zero-order valence-corrected chi connectivity index (χ0v) is 6.66. The molecule has 0 radical (unpaired) electrons. The van der Waals surface area contributed by atoms with Gasteiger partial charge < -0.3 is 4.98 Å². The van der Waals surface area contributed by atoms with Crippen LogP contribution in [0.15, 0.2) is 29.6 Å². The Morgan fingerprint density at radius 2 is 2.17 bits per heavy atom. The standard InChI is InChI=1S/C9H8N2O/c1-6-7-4-5-10-9(7)3-2-8(6)11-12/h2-5,10H,1H3. The summed E-state index contributed by atoms with van der Waals surface area (Å²) in [5.41, 5.74) is 2.49. The highest BCUT2D eigenvalue weighted by Gasteiger charge is 2.02. The Hall–Kier alpha value is -1.64. The van der Waals surface area contributed by atoms with Crippen molar-refractivity contribution in [2.75, 3.05) is 0 Å². The van der Waals surface area contributed by atoms with Crippen molar-refractivity contribution < 1.29 is 0 Å². The van der Waals surface area contributed by atoms with Crippen LogP contribution in [0.1, 0.15) is 5.56 Å². The third kappa shape index (κ3) is 0.830. The molecule has 0 spiro atoms. The second kappa shape index (κ2) is 2.44. The number of hydrogen-bond acceptors (Lipinski definition) is 2. The summed E-state index contributed by atoms with van der Waals surface area (Å²) in [6.45, 7) is 1.90. The number of fused-ring (bicyclic) bond motifs is 1. The summed E-state index contributed by atoms with van der Waals surface area (Å²) in [4.78, 5) is 13.4. The molecule has 0 aliphatic carbocycles. The van der Waals surface area contributed by atoms with Crippen LogP contribution in [-0.4, -0.2) is 4.98 Å². The van der Waals surface area contributed by atoms with E-state index in [1.165, 1.54) is 0 Å². The highest BCUT2D eigenvalue weighted by atomic mass is 16.3. The van der Waals surface area contributed by atoms with Gasteiger partial charge in [-0.15, -0.1) is 4.91 Å². The molecule has 1 aromatic carbocycles. The Morgan fingerprint density at radius 3 is 2.92 bits per heavy atom. The number of aromatic amines is 1. The predicted molar refractivity (Wildman–Crippen MR) is 48.5 cm³/mol. The molecule has 2 aromatic rings. The number of nitrogens with one attached hydrogen (secondary N) is 1. The molecule has 1 N–H and O–H groups in total. The molecule has 0 saturated carbocycles. The summed E-state index contributed by atoms with van der Waals surface area (Å²) in [5, 5.41) is 4.00. The minimum atomic E-state index is 0.516. The van der Waals surface area contributed by atoms with Gasteiger partial charge in [0.2, 0.25) is 0 Å². The zero-order valence-electron chi connectivity index (χ0n) is 6.66. The second-order valence-electron chi connectivity index (χ2n) is 2.74. The molecule has 3 nitrogen and oxygen atoms in total. The lowest BCUT2D eigenvalue weighted by molar-refractivity contribution is 1.41. The molecule has 3 heteroatoms. The van der Waals surface area contributed by atoms with Gasteiger partial charge in [-0.2, -0.15) is 0 Å². The largest absolute Gasteiger partial charge is 0.361 e. The molecule has 0 bridgehead atoms. The molecule has 12 heavy (non-hydrogen) atoms.